The minimum Gasteiger partial charge on any atom is -0.350 e. The maximum atomic E-state index is 13.4. The Bertz CT molecular complexity index is 1420. The molecule has 244 valence electrons. The number of nitrogens with zero attached hydrogens (tertiary/aromatic N) is 1. The van der Waals surface area contributed by atoms with Crippen molar-refractivity contribution in [1.82, 2.24) is 15.6 Å². The summed E-state index contributed by atoms with van der Waals surface area (Å²) < 4.78 is 39.0. The summed E-state index contributed by atoms with van der Waals surface area (Å²) in [5.41, 5.74) is 23.4. The third kappa shape index (κ3) is 10.5. The van der Waals surface area contributed by atoms with Crippen LogP contribution < -0.4 is 38.9 Å². The number of nitrogens with two attached hydrogens (primary N) is 4. The van der Waals surface area contributed by atoms with Gasteiger partial charge in [0.2, 0.25) is 17.7 Å². The van der Waals surface area contributed by atoms with Crippen molar-refractivity contribution in [3.8, 4) is 0 Å². The molecule has 11 N–H and O–H groups in total. The summed E-state index contributed by atoms with van der Waals surface area (Å²) in [5.74, 6) is -1.84. The number of amides is 3. The molecule has 2 atom stereocenters. The van der Waals surface area contributed by atoms with E-state index in [4.69, 9.17) is 22.9 Å². The summed E-state index contributed by atoms with van der Waals surface area (Å²) in [4.78, 5) is 43.8. The molecular weight excluding hydrogens is 589 g/mol. The summed E-state index contributed by atoms with van der Waals surface area (Å²) >= 11 is 0. The van der Waals surface area contributed by atoms with Crippen LogP contribution in [0.3, 0.4) is 0 Å². The summed E-state index contributed by atoms with van der Waals surface area (Å²) in [6.45, 7) is 0.861. The monoisotopic (exact) mass is 630 g/mol. The molecule has 14 heteroatoms. The fraction of sp³-hybridized carbons (Fsp3) is 0.419. The zero-order chi connectivity index (χ0) is 33.0. The van der Waals surface area contributed by atoms with Crippen molar-refractivity contribution in [3.05, 3.63) is 71.9 Å². The summed E-state index contributed by atoms with van der Waals surface area (Å²) in [6, 6.07) is 11.1. The van der Waals surface area contributed by atoms with E-state index >= 15 is 0 Å². The van der Waals surface area contributed by atoms with E-state index in [-0.39, 0.29) is 38.9 Å². The molecule has 45 heavy (non-hydrogen) atoms. The normalized spacial score (nSPS) is 13.2. The second kappa shape index (κ2) is 16.3. The fourth-order valence-corrected chi connectivity index (χ4v) is 5.12. The first-order chi connectivity index (χ1) is 21.4. The minimum absolute atomic E-state index is 0.0372. The van der Waals surface area contributed by atoms with Crippen molar-refractivity contribution in [2.45, 2.75) is 62.3 Å². The number of fused-ring (bicyclic) bond motifs is 1. The quantitative estimate of drug-likeness (QED) is 0.124. The van der Waals surface area contributed by atoms with Gasteiger partial charge in [0.1, 0.15) is 6.04 Å². The number of benzene rings is 2. The highest BCUT2D eigenvalue weighted by Gasteiger charge is 2.32. The molecule has 0 aliphatic carbocycles. The number of para-hydroxylation sites is 1. The lowest BCUT2D eigenvalue weighted by molar-refractivity contribution is -0.137. The molecule has 0 saturated carbocycles. The molecule has 1 heterocycles. The number of rotatable bonds is 16. The molecule has 0 aliphatic heterocycles. The van der Waals surface area contributed by atoms with E-state index in [1.807, 2.05) is 24.3 Å². The number of nitrogens with one attached hydrogen (secondary N) is 3. The molecule has 3 aromatic rings. The third-order valence-electron chi connectivity index (χ3n) is 7.51. The molecule has 3 amide bonds. The number of anilines is 1. The molecule has 1 aromatic heterocycles. The van der Waals surface area contributed by atoms with Gasteiger partial charge in [-0.1, -0.05) is 30.3 Å². The summed E-state index contributed by atoms with van der Waals surface area (Å²) in [6.07, 6.45) is -1.88. The number of carbonyl (C=O) groups is 3. The Morgan fingerprint density at radius 3 is 2.09 bits per heavy atom. The standard InChI is InChI=1S/C31H41F3N8O3/c32-31(33,34)22-8-5-20(6-9-22)7-10-26(29(45)40-23-17-21-3-1-2-4-25(21)39-19-23)41-28(44)24(38)18-27(43)42-30(11-14-35,12-15-36)13-16-37/h1-6,8-9,17,19,24,26H,7,10-16,18,35-38H2,(H,40,45)(H,41,44)(H,42,43). The van der Waals surface area contributed by atoms with Gasteiger partial charge in [0.25, 0.3) is 0 Å². The molecular formula is C31H41F3N8O3. The van der Waals surface area contributed by atoms with Gasteiger partial charge in [0, 0.05) is 10.9 Å². The average Bonchev–Trinajstić information content (AvgIpc) is 2.99. The number of pyridine rings is 1. The van der Waals surface area contributed by atoms with E-state index in [0.717, 1.165) is 23.0 Å². The SMILES string of the molecule is NCCC(CCN)(CCN)NC(=O)CC(N)C(=O)NC(CCc1ccc(C(F)(F)F)cc1)C(=O)Nc1cnc2ccccc2c1. The Balaban J connectivity index is 1.73. The van der Waals surface area contributed by atoms with E-state index in [1.54, 1.807) is 6.07 Å². The number of carbonyl (C=O) groups excluding carboxylic acids is 3. The van der Waals surface area contributed by atoms with E-state index in [1.165, 1.54) is 18.3 Å². The molecule has 0 saturated heterocycles. The number of aryl methyl sites for hydroxylation is 1. The van der Waals surface area contributed by atoms with E-state index in [9.17, 15) is 27.6 Å². The number of alkyl halides is 3. The van der Waals surface area contributed by atoms with Gasteiger partial charge in [-0.05, 0) is 81.6 Å². The lowest BCUT2D eigenvalue weighted by Gasteiger charge is -2.34. The van der Waals surface area contributed by atoms with Crippen LogP contribution in [0.1, 0.15) is 43.2 Å². The molecule has 3 rings (SSSR count). The molecule has 2 unspecified atom stereocenters. The molecule has 11 nitrogen and oxygen atoms in total. The van der Waals surface area contributed by atoms with Gasteiger partial charge in [-0.25, -0.2) is 0 Å². The molecule has 0 aliphatic rings. The van der Waals surface area contributed by atoms with Gasteiger partial charge in [0.05, 0.1) is 35.4 Å². The lowest BCUT2D eigenvalue weighted by Crippen LogP contribution is -2.55. The summed E-state index contributed by atoms with van der Waals surface area (Å²) in [5, 5.41) is 9.02. The Morgan fingerprint density at radius 1 is 0.867 bits per heavy atom. The van der Waals surface area contributed by atoms with E-state index in [2.05, 4.69) is 20.9 Å². The highest BCUT2D eigenvalue weighted by atomic mass is 19.4. The predicted octanol–water partition coefficient (Wildman–Crippen LogP) is 1.93. The van der Waals surface area contributed by atoms with Gasteiger partial charge >= 0.3 is 6.18 Å². The van der Waals surface area contributed by atoms with Crippen molar-refractivity contribution in [2.24, 2.45) is 22.9 Å². The predicted molar refractivity (Wildman–Crippen MR) is 167 cm³/mol. The van der Waals surface area contributed by atoms with Crippen LogP contribution in [0, 0.1) is 0 Å². The Kier molecular flexibility index (Phi) is 12.8. The number of halogens is 3. The molecule has 0 fully saturated rings. The van der Waals surface area contributed by atoms with Crippen LogP contribution in [-0.4, -0.2) is 60.0 Å². The van der Waals surface area contributed by atoms with Crippen molar-refractivity contribution < 1.29 is 27.6 Å². The Morgan fingerprint density at radius 2 is 1.49 bits per heavy atom. The average molecular weight is 631 g/mol. The largest absolute Gasteiger partial charge is 0.416 e. The Labute approximate surface area is 259 Å². The number of hydrogen-bond acceptors (Lipinski definition) is 8. The van der Waals surface area contributed by atoms with Crippen LogP contribution in [0.15, 0.2) is 60.8 Å². The van der Waals surface area contributed by atoms with Crippen LogP contribution >= 0.6 is 0 Å². The minimum atomic E-state index is -4.48. The van der Waals surface area contributed by atoms with Crippen LogP contribution in [0.4, 0.5) is 18.9 Å². The molecule has 2 aromatic carbocycles. The number of hydrogen-bond donors (Lipinski definition) is 7. The number of aromatic nitrogens is 1. The third-order valence-corrected chi connectivity index (χ3v) is 7.51. The second-order valence-electron chi connectivity index (χ2n) is 11.0. The van der Waals surface area contributed by atoms with Gasteiger partial charge < -0.3 is 38.9 Å². The smallest absolute Gasteiger partial charge is 0.350 e. The van der Waals surface area contributed by atoms with Crippen LogP contribution in [0.2, 0.25) is 0 Å². The van der Waals surface area contributed by atoms with Gasteiger partial charge in [-0.3, -0.25) is 19.4 Å². The van der Waals surface area contributed by atoms with Crippen molar-refractivity contribution >= 4 is 34.3 Å². The fourth-order valence-electron chi connectivity index (χ4n) is 5.12. The van der Waals surface area contributed by atoms with Gasteiger partial charge in [0.15, 0.2) is 0 Å². The van der Waals surface area contributed by atoms with Crippen molar-refractivity contribution in [1.29, 1.82) is 0 Å². The van der Waals surface area contributed by atoms with Gasteiger partial charge in [-0.15, -0.1) is 0 Å². The first-order valence-corrected chi connectivity index (χ1v) is 14.7. The molecule has 0 radical (unpaired) electrons. The maximum Gasteiger partial charge on any atom is 0.416 e. The second-order valence-corrected chi connectivity index (χ2v) is 11.0. The van der Waals surface area contributed by atoms with Crippen molar-refractivity contribution in [2.75, 3.05) is 25.0 Å². The Hall–Kier alpha value is -4.11. The molecule has 0 bridgehead atoms. The van der Waals surface area contributed by atoms with Crippen molar-refractivity contribution in [3.63, 3.8) is 0 Å². The first kappa shape index (κ1) is 35.4. The topological polar surface area (TPSA) is 204 Å². The van der Waals surface area contributed by atoms with Crippen LogP contribution in [0.25, 0.3) is 10.9 Å². The maximum absolute atomic E-state index is 13.4. The van der Waals surface area contributed by atoms with E-state index in [0.29, 0.717) is 30.5 Å². The zero-order valence-electron chi connectivity index (χ0n) is 24.9. The van der Waals surface area contributed by atoms with Crippen LogP contribution in [0.5, 0.6) is 0 Å². The molecule has 0 spiro atoms. The zero-order valence-corrected chi connectivity index (χ0v) is 24.9. The lowest BCUT2D eigenvalue weighted by atomic mass is 9.87. The summed E-state index contributed by atoms with van der Waals surface area (Å²) in [7, 11) is 0. The van der Waals surface area contributed by atoms with Crippen LogP contribution in [-0.2, 0) is 27.0 Å². The van der Waals surface area contributed by atoms with E-state index < -0.39 is 47.1 Å². The highest BCUT2D eigenvalue weighted by Crippen LogP contribution is 2.29. The van der Waals surface area contributed by atoms with Gasteiger partial charge in [-0.2, -0.15) is 13.2 Å². The highest BCUT2D eigenvalue weighted by molar-refractivity contribution is 5.99. The first-order valence-electron chi connectivity index (χ1n) is 14.7.